The summed E-state index contributed by atoms with van der Waals surface area (Å²) in [7, 11) is 0. The van der Waals surface area contributed by atoms with Gasteiger partial charge in [-0.2, -0.15) is 0 Å². The molecule has 0 aromatic rings. The van der Waals surface area contributed by atoms with E-state index in [9.17, 15) is 9.59 Å². The van der Waals surface area contributed by atoms with Crippen LogP contribution in [0.15, 0.2) is 12.7 Å². The minimum absolute atomic E-state index is 0.150. The molecule has 1 heterocycles. The number of carboxylic acid groups (broad SMARTS) is 1. The van der Waals surface area contributed by atoms with Gasteiger partial charge in [0.15, 0.2) is 0 Å². The molecule has 1 aliphatic rings. The third kappa shape index (κ3) is 4.07. The normalized spacial score (nSPS) is 17.1. The van der Waals surface area contributed by atoms with Gasteiger partial charge in [0.2, 0.25) is 0 Å². The summed E-state index contributed by atoms with van der Waals surface area (Å²) in [5, 5.41) is 11.2. The fraction of sp³-hybridized carbons (Fsp3) is 0.636. The van der Waals surface area contributed by atoms with Crippen molar-refractivity contribution in [1.29, 1.82) is 0 Å². The number of carboxylic acids is 1. The summed E-state index contributed by atoms with van der Waals surface area (Å²) in [4.78, 5) is 23.5. The van der Waals surface area contributed by atoms with Crippen LogP contribution in [0.1, 0.15) is 13.3 Å². The van der Waals surface area contributed by atoms with Gasteiger partial charge < -0.3 is 20.1 Å². The molecule has 0 bridgehead atoms. The number of nitrogens with zero attached hydrogens (tertiary/aromatic N) is 1. The van der Waals surface area contributed by atoms with Crippen LogP contribution in [0.25, 0.3) is 0 Å². The predicted molar refractivity (Wildman–Crippen MR) is 61.8 cm³/mol. The highest BCUT2D eigenvalue weighted by Gasteiger charge is 2.42. The molecule has 0 spiro atoms. The van der Waals surface area contributed by atoms with Crippen molar-refractivity contribution in [3.8, 4) is 0 Å². The molecule has 0 saturated carbocycles. The van der Waals surface area contributed by atoms with Crippen molar-refractivity contribution in [3.05, 3.63) is 12.7 Å². The Kier molecular flexibility index (Phi) is 4.51. The molecule has 0 radical (unpaired) electrons. The zero-order valence-corrected chi connectivity index (χ0v) is 9.94. The first-order valence-electron chi connectivity index (χ1n) is 5.46. The standard InChI is InChI=1S/C11H18N2O4/c1-3-4-5-12-10(16)13-7-11(2,8-13)17-6-9(14)15/h3H,1,4-8H2,2H3,(H,12,16)(H,14,15). The number of urea groups is 1. The van der Waals surface area contributed by atoms with E-state index in [1.165, 1.54) is 0 Å². The van der Waals surface area contributed by atoms with Gasteiger partial charge in [-0.25, -0.2) is 9.59 Å². The van der Waals surface area contributed by atoms with Gasteiger partial charge in [0.1, 0.15) is 12.2 Å². The molecule has 0 aliphatic carbocycles. The molecule has 0 aromatic heterocycles. The number of hydrogen-bond acceptors (Lipinski definition) is 3. The van der Waals surface area contributed by atoms with E-state index < -0.39 is 11.6 Å². The van der Waals surface area contributed by atoms with E-state index in [-0.39, 0.29) is 12.6 Å². The van der Waals surface area contributed by atoms with E-state index in [1.807, 2.05) is 0 Å². The first kappa shape index (κ1) is 13.5. The Morgan fingerprint density at radius 2 is 2.24 bits per heavy atom. The average molecular weight is 242 g/mol. The van der Waals surface area contributed by atoms with Crippen molar-refractivity contribution >= 4 is 12.0 Å². The average Bonchev–Trinajstić information content (AvgIpc) is 2.22. The summed E-state index contributed by atoms with van der Waals surface area (Å²) in [6, 6.07) is -0.150. The van der Waals surface area contributed by atoms with Gasteiger partial charge in [0, 0.05) is 6.54 Å². The zero-order chi connectivity index (χ0) is 12.9. The molecule has 96 valence electrons. The molecule has 1 fully saturated rings. The number of ether oxygens (including phenoxy) is 1. The maximum absolute atomic E-state index is 11.5. The molecule has 1 aliphatic heterocycles. The first-order valence-corrected chi connectivity index (χ1v) is 5.46. The Labute approximate surface area is 100 Å². The molecular weight excluding hydrogens is 224 g/mol. The molecule has 2 N–H and O–H groups in total. The summed E-state index contributed by atoms with van der Waals surface area (Å²) in [5.74, 6) is -1.000. The number of carbonyl (C=O) groups is 2. The summed E-state index contributed by atoms with van der Waals surface area (Å²) in [5.41, 5.74) is -0.534. The van der Waals surface area contributed by atoms with Crippen LogP contribution >= 0.6 is 0 Å². The molecular formula is C11H18N2O4. The van der Waals surface area contributed by atoms with Crippen LogP contribution in [0.2, 0.25) is 0 Å². The van der Waals surface area contributed by atoms with Crippen molar-refractivity contribution in [2.24, 2.45) is 0 Å². The van der Waals surface area contributed by atoms with E-state index in [0.29, 0.717) is 19.6 Å². The molecule has 6 heteroatoms. The third-order valence-electron chi connectivity index (χ3n) is 2.51. The monoisotopic (exact) mass is 242 g/mol. The number of carbonyl (C=O) groups excluding carboxylic acids is 1. The van der Waals surface area contributed by atoms with Gasteiger partial charge in [-0.1, -0.05) is 6.08 Å². The number of nitrogens with one attached hydrogen (secondary N) is 1. The highest BCUT2D eigenvalue weighted by Crippen LogP contribution is 2.24. The Morgan fingerprint density at radius 3 is 2.76 bits per heavy atom. The SMILES string of the molecule is C=CCCNC(=O)N1CC(C)(OCC(=O)O)C1. The first-order chi connectivity index (χ1) is 7.97. The number of hydrogen-bond donors (Lipinski definition) is 2. The van der Waals surface area contributed by atoms with Crippen molar-refractivity contribution in [2.45, 2.75) is 18.9 Å². The van der Waals surface area contributed by atoms with E-state index in [0.717, 1.165) is 6.42 Å². The highest BCUT2D eigenvalue weighted by molar-refractivity contribution is 5.75. The third-order valence-corrected chi connectivity index (χ3v) is 2.51. The molecule has 2 amide bonds. The second kappa shape index (κ2) is 5.67. The van der Waals surface area contributed by atoms with Crippen LogP contribution in [0, 0.1) is 0 Å². The summed E-state index contributed by atoms with van der Waals surface area (Å²) >= 11 is 0. The van der Waals surface area contributed by atoms with Crippen molar-refractivity contribution in [3.63, 3.8) is 0 Å². The summed E-state index contributed by atoms with van der Waals surface area (Å²) in [6.45, 7) is 6.42. The molecule has 1 saturated heterocycles. The van der Waals surface area contributed by atoms with Crippen LogP contribution in [0.5, 0.6) is 0 Å². The maximum Gasteiger partial charge on any atom is 0.329 e. The van der Waals surface area contributed by atoms with Crippen molar-refractivity contribution < 1.29 is 19.4 Å². The molecule has 0 atom stereocenters. The number of rotatable bonds is 6. The van der Waals surface area contributed by atoms with Crippen molar-refractivity contribution in [1.82, 2.24) is 10.2 Å². The number of aliphatic carboxylic acids is 1. The lowest BCUT2D eigenvalue weighted by Gasteiger charge is -2.46. The van der Waals surface area contributed by atoms with Gasteiger partial charge in [0.05, 0.1) is 13.1 Å². The van der Waals surface area contributed by atoms with E-state index in [4.69, 9.17) is 9.84 Å². The van der Waals surface area contributed by atoms with E-state index in [1.54, 1.807) is 17.9 Å². The van der Waals surface area contributed by atoms with Crippen LogP contribution in [-0.4, -0.2) is 53.8 Å². The Morgan fingerprint density at radius 1 is 1.59 bits per heavy atom. The zero-order valence-electron chi connectivity index (χ0n) is 9.94. The quantitative estimate of drug-likeness (QED) is 0.523. The predicted octanol–water partition coefficient (Wildman–Crippen LogP) is 0.448. The summed E-state index contributed by atoms with van der Waals surface area (Å²) in [6.07, 6.45) is 2.46. The smallest absolute Gasteiger partial charge is 0.329 e. The number of amides is 2. The van der Waals surface area contributed by atoms with Gasteiger partial charge in [-0.15, -0.1) is 6.58 Å². The molecule has 0 aromatic carbocycles. The Bertz CT molecular complexity index is 311. The largest absolute Gasteiger partial charge is 0.480 e. The minimum atomic E-state index is -1.000. The fourth-order valence-corrected chi connectivity index (χ4v) is 1.62. The van der Waals surface area contributed by atoms with E-state index >= 15 is 0 Å². The topological polar surface area (TPSA) is 78.9 Å². The Balaban J connectivity index is 2.22. The van der Waals surface area contributed by atoms with Crippen LogP contribution in [-0.2, 0) is 9.53 Å². The number of likely N-dealkylation sites (tertiary alicyclic amines) is 1. The molecule has 1 rings (SSSR count). The fourth-order valence-electron chi connectivity index (χ4n) is 1.62. The Hall–Kier alpha value is -1.56. The van der Waals surface area contributed by atoms with Gasteiger partial charge >= 0.3 is 12.0 Å². The van der Waals surface area contributed by atoms with Crippen LogP contribution < -0.4 is 5.32 Å². The van der Waals surface area contributed by atoms with Crippen LogP contribution in [0.3, 0.4) is 0 Å². The highest BCUT2D eigenvalue weighted by atomic mass is 16.5. The molecule has 17 heavy (non-hydrogen) atoms. The van der Waals surface area contributed by atoms with Crippen LogP contribution in [0.4, 0.5) is 4.79 Å². The van der Waals surface area contributed by atoms with Gasteiger partial charge in [-0.05, 0) is 13.3 Å². The second-order valence-corrected chi connectivity index (χ2v) is 4.30. The van der Waals surface area contributed by atoms with Crippen molar-refractivity contribution in [2.75, 3.05) is 26.2 Å². The second-order valence-electron chi connectivity index (χ2n) is 4.30. The van der Waals surface area contributed by atoms with Gasteiger partial charge in [0.25, 0.3) is 0 Å². The lowest BCUT2D eigenvalue weighted by Crippen LogP contribution is -2.65. The summed E-state index contributed by atoms with van der Waals surface area (Å²) < 4.78 is 5.20. The molecule has 6 nitrogen and oxygen atoms in total. The van der Waals surface area contributed by atoms with Gasteiger partial charge in [-0.3, -0.25) is 0 Å². The van der Waals surface area contributed by atoms with E-state index in [2.05, 4.69) is 11.9 Å². The molecule has 0 unspecified atom stereocenters. The lowest BCUT2D eigenvalue weighted by atomic mass is 9.97. The lowest BCUT2D eigenvalue weighted by molar-refractivity contribution is -0.159. The maximum atomic E-state index is 11.5. The minimum Gasteiger partial charge on any atom is -0.480 e.